The third kappa shape index (κ3) is 4.84. The zero-order valence-corrected chi connectivity index (χ0v) is 17.2. The molecule has 2 aliphatic heterocycles. The van der Waals surface area contributed by atoms with Gasteiger partial charge in [-0.25, -0.2) is 12.8 Å². The lowest BCUT2D eigenvalue weighted by molar-refractivity contribution is 0.383. The van der Waals surface area contributed by atoms with Crippen molar-refractivity contribution in [3.05, 3.63) is 47.8 Å². The van der Waals surface area contributed by atoms with Gasteiger partial charge in [-0.15, -0.1) is 10.2 Å². The number of piperazine rings is 1. The molecule has 2 aliphatic rings. The van der Waals surface area contributed by atoms with Gasteiger partial charge < -0.3 is 9.80 Å². The highest BCUT2D eigenvalue weighted by molar-refractivity contribution is 7.88. The topological polar surface area (TPSA) is 69.6 Å². The van der Waals surface area contributed by atoms with Crippen LogP contribution >= 0.6 is 0 Å². The number of sulfonamides is 1. The molecule has 4 rings (SSSR count). The molecule has 0 unspecified atom stereocenters. The molecule has 0 saturated carbocycles. The van der Waals surface area contributed by atoms with Gasteiger partial charge in [-0.1, -0.05) is 12.1 Å². The summed E-state index contributed by atoms with van der Waals surface area (Å²) < 4.78 is 39.9. The number of rotatable bonds is 5. The van der Waals surface area contributed by atoms with E-state index in [1.54, 1.807) is 0 Å². The fourth-order valence-electron chi connectivity index (χ4n) is 3.86. The average molecular weight is 420 g/mol. The van der Waals surface area contributed by atoms with Crippen LogP contribution in [0.4, 0.5) is 16.0 Å². The van der Waals surface area contributed by atoms with Crippen molar-refractivity contribution in [3.63, 3.8) is 0 Å². The van der Waals surface area contributed by atoms with Crippen molar-refractivity contribution in [1.82, 2.24) is 14.5 Å². The average Bonchev–Trinajstić information content (AvgIpc) is 2.76. The van der Waals surface area contributed by atoms with Gasteiger partial charge in [-0.05, 0) is 49.1 Å². The second-order valence-electron chi connectivity index (χ2n) is 7.57. The van der Waals surface area contributed by atoms with E-state index < -0.39 is 10.0 Å². The van der Waals surface area contributed by atoms with E-state index in [0.29, 0.717) is 31.7 Å². The minimum atomic E-state index is -3.43. The predicted octanol–water partition coefficient (Wildman–Crippen LogP) is 2.26. The molecule has 9 heteroatoms. The number of piperidine rings is 1. The van der Waals surface area contributed by atoms with E-state index in [-0.39, 0.29) is 11.6 Å². The van der Waals surface area contributed by atoms with E-state index in [0.717, 1.165) is 24.7 Å². The van der Waals surface area contributed by atoms with Gasteiger partial charge in [-0.2, -0.15) is 4.31 Å². The summed E-state index contributed by atoms with van der Waals surface area (Å²) in [5.41, 5.74) is 0.591. The Morgan fingerprint density at radius 2 is 1.31 bits per heavy atom. The first-order valence-corrected chi connectivity index (χ1v) is 11.7. The van der Waals surface area contributed by atoms with Crippen LogP contribution in [0.2, 0.25) is 0 Å². The fraction of sp³-hybridized carbons (Fsp3) is 0.500. The summed E-state index contributed by atoms with van der Waals surface area (Å²) >= 11 is 0. The van der Waals surface area contributed by atoms with Crippen molar-refractivity contribution in [2.75, 3.05) is 49.1 Å². The molecule has 1 aromatic carbocycles. The van der Waals surface area contributed by atoms with Gasteiger partial charge in [0.05, 0.1) is 5.75 Å². The van der Waals surface area contributed by atoms with Gasteiger partial charge in [0.25, 0.3) is 0 Å². The number of hydrogen-bond donors (Lipinski definition) is 0. The predicted molar refractivity (Wildman–Crippen MR) is 111 cm³/mol. The van der Waals surface area contributed by atoms with Crippen molar-refractivity contribution in [2.45, 2.75) is 25.0 Å². The van der Waals surface area contributed by atoms with Crippen LogP contribution in [0.3, 0.4) is 0 Å². The van der Waals surface area contributed by atoms with E-state index >= 15 is 0 Å². The highest BCUT2D eigenvalue weighted by atomic mass is 32.2. The van der Waals surface area contributed by atoms with Crippen LogP contribution in [0.15, 0.2) is 36.4 Å². The maximum Gasteiger partial charge on any atom is 0.218 e. The largest absolute Gasteiger partial charge is 0.355 e. The normalized spacial score (nSPS) is 18.8. The SMILES string of the molecule is O=S(=O)(Cc1ccc(F)cc1)N1CCN(c2ccc(N3CCCCC3)nn2)CC1. The molecule has 3 heterocycles. The van der Waals surface area contributed by atoms with Gasteiger partial charge in [0.15, 0.2) is 11.6 Å². The summed E-state index contributed by atoms with van der Waals surface area (Å²) in [7, 11) is -3.43. The summed E-state index contributed by atoms with van der Waals surface area (Å²) in [4.78, 5) is 4.33. The molecule has 0 spiro atoms. The Morgan fingerprint density at radius 1 is 0.759 bits per heavy atom. The van der Waals surface area contributed by atoms with Crippen LogP contribution in [-0.4, -0.2) is 62.2 Å². The summed E-state index contributed by atoms with van der Waals surface area (Å²) in [6.45, 7) is 4.00. The molecule has 7 nitrogen and oxygen atoms in total. The molecule has 0 amide bonds. The van der Waals surface area contributed by atoms with Gasteiger partial charge >= 0.3 is 0 Å². The van der Waals surface area contributed by atoms with E-state index in [1.165, 1.54) is 47.8 Å². The third-order valence-corrected chi connectivity index (χ3v) is 7.38. The molecule has 0 bridgehead atoms. The van der Waals surface area contributed by atoms with Gasteiger partial charge in [0, 0.05) is 39.3 Å². The summed E-state index contributed by atoms with van der Waals surface area (Å²) in [6, 6.07) is 9.58. The third-order valence-electron chi connectivity index (χ3n) is 5.53. The Hall–Kier alpha value is -2.26. The van der Waals surface area contributed by atoms with Crippen LogP contribution in [0.5, 0.6) is 0 Å². The molecule has 29 heavy (non-hydrogen) atoms. The van der Waals surface area contributed by atoms with Crippen molar-refractivity contribution in [2.24, 2.45) is 0 Å². The minimum Gasteiger partial charge on any atom is -0.355 e. The van der Waals surface area contributed by atoms with Gasteiger partial charge in [0.1, 0.15) is 5.82 Å². The van der Waals surface area contributed by atoms with Crippen LogP contribution in [0, 0.1) is 5.82 Å². The van der Waals surface area contributed by atoms with Crippen molar-refractivity contribution < 1.29 is 12.8 Å². The van der Waals surface area contributed by atoms with Crippen molar-refractivity contribution in [1.29, 1.82) is 0 Å². The highest BCUT2D eigenvalue weighted by Crippen LogP contribution is 2.21. The maximum atomic E-state index is 13.0. The quantitative estimate of drug-likeness (QED) is 0.741. The van der Waals surface area contributed by atoms with Crippen LogP contribution in [0.25, 0.3) is 0 Å². The lowest BCUT2D eigenvalue weighted by Gasteiger charge is -2.34. The van der Waals surface area contributed by atoms with Crippen LogP contribution in [0.1, 0.15) is 24.8 Å². The van der Waals surface area contributed by atoms with E-state index in [4.69, 9.17) is 0 Å². The second-order valence-corrected chi connectivity index (χ2v) is 9.54. The first kappa shape index (κ1) is 20.0. The standard InChI is InChI=1S/C20H26FN5O2S/c21-18-6-4-17(5-7-18)16-29(27,28)26-14-12-25(13-15-26)20-9-8-19(22-23-20)24-10-2-1-3-11-24/h4-9H,1-3,10-16H2. The Bertz CT molecular complexity index is 907. The van der Waals surface area contributed by atoms with E-state index in [1.807, 2.05) is 12.1 Å². The molecular weight excluding hydrogens is 393 g/mol. The first-order valence-electron chi connectivity index (χ1n) is 10.1. The summed E-state index contributed by atoms with van der Waals surface area (Å²) in [6.07, 6.45) is 3.66. The Balaban J connectivity index is 1.34. The molecule has 156 valence electrons. The zero-order valence-electron chi connectivity index (χ0n) is 16.4. The molecule has 0 atom stereocenters. The highest BCUT2D eigenvalue weighted by Gasteiger charge is 2.28. The second kappa shape index (κ2) is 8.62. The number of nitrogens with zero attached hydrogens (tertiary/aromatic N) is 5. The molecular formula is C20H26FN5O2S. The molecule has 2 aromatic rings. The molecule has 0 N–H and O–H groups in total. The van der Waals surface area contributed by atoms with E-state index in [9.17, 15) is 12.8 Å². The zero-order chi connectivity index (χ0) is 20.3. The Labute approximate surface area is 171 Å². The lowest BCUT2D eigenvalue weighted by Crippen LogP contribution is -2.49. The number of hydrogen-bond acceptors (Lipinski definition) is 6. The molecule has 1 aromatic heterocycles. The smallest absolute Gasteiger partial charge is 0.218 e. The fourth-order valence-corrected chi connectivity index (χ4v) is 5.37. The molecule has 2 saturated heterocycles. The van der Waals surface area contributed by atoms with Gasteiger partial charge in [-0.3, -0.25) is 0 Å². The Kier molecular flexibility index (Phi) is 5.96. The number of halogens is 1. The van der Waals surface area contributed by atoms with E-state index in [2.05, 4.69) is 20.0 Å². The van der Waals surface area contributed by atoms with Crippen LogP contribution < -0.4 is 9.80 Å². The lowest BCUT2D eigenvalue weighted by atomic mass is 10.1. The Morgan fingerprint density at radius 3 is 1.86 bits per heavy atom. The van der Waals surface area contributed by atoms with Crippen molar-refractivity contribution >= 4 is 21.7 Å². The first-order chi connectivity index (χ1) is 14.0. The van der Waals surface area contributed by atoms with Gasteiger partial charge in [0.2, 0.25) is 10.0 Å². The number of anilines is 2. The molecule has 0 aliphatic carbocycles. The molecule has 2 fully saturated rings. The number of aromatic nitrogens is 2. The maximum absolute atomic E-state index is 13.0. The van der Waals surface area contributed by atoms with Crippen LogP contribution in [-0.2, 0) is 15.8 Å². The minimum absolute atomic E-state index is 0.113. The van der Waals surface area contributed by atoms with Crippen molar-refractivity contribution in [3.8, 4) is 0 Å². The molecule has 0 radical (unpaired) electrons. The summed E-state index contributed by atoms with van der Waals surface area (Å²) in [5.74, 6) is 1.21. The summed E-state index contributed by atoms with van der Waals surface area (Å²) in [5, 5.41) is 8.75. The number of benzene rings is 1. The monoisotopic (exact) mass is 419 g/mol.